The Morgan fingerprint density at radius 1 is 1.15 bits per heavy atom. The number of hydrogen-bond acceptors (Lipinski definition) is 2. The molecule has 0 bridgehead atoms. The van der Waals surface area contributed by atoms with Gasteiger partial charge in [0.2, 0.25) is 0 Å². The molecule has 0 spiro atoms. The van der Waals surface area contributed by atoms with Gasteiger partial charge in [-0.3, -0.25) is 4.99 Å². The molecule has 0 radical (unpaired) electrons. The molecule has 0 saturated heterocycles. The van der Waals surface area contributed by atoms with Gasteiger partial charge in [0.1, 0.15) is 0 Å². The van der Waals surface area contributed by atoms with Crippen molar-refractivity contribution in [1.82, 2.24) is 10.6 Å². The number of aliphatic imine (C=N–C) groups is 1. The van der Waals surface area contributed by atoms with Crippen LogP contribution in [0.5, 0.6) is 0 Å². The minimum atomic E-state index is 0. The van der Waals surface area contributed by atoms with Crippen LogP contribution in [-0.2, 0) is 13.1 Å². The number of halogens is 1. The summed E-state index contributed by atoms with van der Waals surface area (Å²) in [5.41, 5.74) is 2.54. The smallest absolute Gasteiger partial charge is 0.191 e. The van der Waals surface area contributed by atoms with Crippen LogP contribution in [0.2, 0.25) is 0 Å². The Kier molecular flexibility index (Phi) is 7.61. The van der Waals surface area contributed by atoms with Gasteiger partial charge in [-0.1, -0.05) is 35.9 Å². The van der Waals surface area contributed by atoms with Crippen molar-refractivity contribution in [1.29, 1.82) is 0 Å². The summed E-state index contributed by atoms with van der Waals surface area (Å²) in [6.45, 7) is 3.70. The second-order valence-corrected chi connectivity index (χ2v) is 5.38. The zero-order valence-corrected chi connectivity index (χ0v) is 14.9. The van der Waals surface area contributed by atoms with Crippen molar-refractivity contribution >= 4 is 41.3 Å². The zero-order valence-electron chi connectivity index (χ0n) is 11.7. The molecule has 1 aromatic carbocycles. The van der Waals surface area contributed by atoms with Crippen LogP contribution in [0.1, 0.15) is 16.0 Å². The van der Waals surface area contributed by atoms with Crippen LogP contribution < -0.4 is 10.6 Å². The molecule has 2 N–H and O–H groups in total. The summed E-state index contributed by atoms with van der Waals surface area (Å²) >= 11 is 1.75. The lowest BCUT2D eigenvalue weighted by molar-refractivity contribution is 0.815. The molecule has 0 fully saturated rings. The van der Waals surface area contributed by atoms with E-state index in [1.165, 1.54) is 16.0 Å². The van der Waals surface area contributed by atoms with Gasteiger partial charge >= 0.3 is 0 Å². The maximum Gasteiger partial charge on any atom is 0.191 e. The third-order valence-electron chi connectivity index (χ3n) is 2.78. The number of aryl methyl sites for hydroxylation is 1. The number of thiophene rings is 1. The molecule has 0 aliphatic heterocycles. The van der Waals surface area contributed by atoms with Gasteiger partial charge in [-0.25, -0.2) is 0 Å². The van der Waals surface area contributed by atoms with Crippen molar-refractivity contribution in [3.05, 3.63) is 57.8 Å². The number of hydrogen-bond donors (Lipinski definition) is 2. The molecule has 2 rings (SSSR count). The molecule has 0 unspecified atom stereocenters. The van der Waals surface area contributed by atoms with Gasteiger partial charge in [0.25, 0.3) is 0 Å². The topological polar surface area (TPSA) is 36.4 Å². The first-order chi connectivity index (χ1) is 9.28. The lowest BCUT2D eigenvalue weighted by Crippen LogP contribution is -2.36. The first-order valence-electron chi connectivity index (χ1n) is 6.30. The van der Waals surface area contributed by atoms with Gasteiger partial charge in [0.05, 0.1) is 6.54 Å². The van der Waals surface area contributed by atoms with Crippen LogP contribution in [0, 0.1) is 6.92 Å². The highest BCUT2D eigenvalue weighted by Gasteiger charge is 1.99. The van der Waals surface area contributed by atoms with Crippen LogP contribution in [0.15, 0.2) is 46.8 Å². The largest absolute Gasteiger partial charge is 0.352 e. The molecule has 108 valence electrons. The van der Waals surface area contributed by atoms with Crippen LogP contribution in [0.4, 0.5) is 0 Å². The minimum absolute atomic E-state index is 0. The predicted octanol–water partition coefficient (Wildman–Crippen LogP) is 3.54. The van der Waals surface area contributed by atoms with Crippen molar-refractivity contribution in [2.24, 2.45) is 4.99 Å². The average Bonchev–Trinajstić information content (AvgIpc) is 2.92. The quantitative estimate of drug-likeness (QED) is 0.467. The van der Waals surface area contributed by atoms with Gasteiger partial charge in [-0.15, -0.1) is 35.3 Å². The molecule has 0 amide bonds. The molecule has 1 heterocycles. The highest BCUT2D eigenvalue weighted by atomic mass is 127. The minimum Gasteiger partial charge on any atom is -0.352 e. The molecule has 20 heavy (non-hydrogen) atoms. The molecule has 0 atom stereocenters. The lowest BCUT2D eigenvalue weighted by Gasteiger charge is -2.11. The van der Waals surface area contributed by atoms with E-state index < -0.39 is 0 Å². The maximum absolute atomic E-state index is 4.22. The highest BCUT2D eigenvalue weighted by molar-refractivity contribution is 14.0. The summed E-state index contributed by atoms with van der Waals surface area (Å²) in [7, 11) is 1.79. The van der Waals surface area contributed by atoms with E-state index in [2.05, 4.69) is 64.3 Å². The van der Waals surface area contributed by atoms with E-state index in [0.717, 1.165) is 19.0 Å². The first-order valence-corrected chi connectivity index (χ1v) is 7.18. The summed E-state index contributed by atoms with van der Waals surface area (Å²) in [5, 5.41) is 8.71. The number of benzene rings is 1. The first kappa shape index (κ1) is 17.0. The Labute approximate surface area is 141 Å². The summed E-state index contributed by atoms with van der Waals surface area (Å²) in [4.78, 5) is 5.53. The van der Waals surface area contributed by atoms with E-state index >= 15 is 0 Å². The third-order valence-corrected chi connectivity index (χ3v) is 3.65. The lowest BCUT2D eigenvalue weighted by atomic mass is 10.1. The van der Waals surface area contributed by atoms with E-state index in [0.29, 0.717) is 0 Å². The van der Waals surface area contributed by atoms with Crippen molar-refractivity contribution in [3.8, 4) is 0 Å². The fourth-order valence-electron chi connectivity index (χ4n) is 1.81. The third kappa shape index (κ3) is 5.50. The molecule has 2 aromatic rings. The second-order valence-electron chi connectivity index (χ2n) is 4.35. The van der Waals surface area contributed by atoms with E-state index in [9.17, 15) is 0 Å². The molecule has 5 heteroatoms. The molecular formula is C15H20IN3S. The Hall–Kier alpha value is -1.08. The normalized spacial score (nSPS) is 10.8. The number of nitrogens with one attached hydrogen (secondary N) is 2. The molecule has 0 aliphatic carbocycles. The van der Waals surface area contributed by atoms with Gasteiger partial charge in [-0.05, 0) is 23.9 Å². The van der Waals surface area contributed by atoms with Gasteiger partial charge in [0.15, 0.2) is 5.96 Å². The molecule has 0 aliphatic rings. The van der Waals surface area contributed by atoms with Crippen molar-refractivity contribution in [2.75, 3.05) is 7.05 Å². The van der Waals surface area contributed by atoms with Crippen LogP contribution in [0.25, 0.3) is 0 Å². The summed E-state index contributed by atoms with van der Waals surface area (Å²) in [6.07, 6.45) is 0. The van der Waals surface area contributed by atoms with E-state index in [1.54, 1.807) is 18.4 Å². The van der Waals surface area contributed by atoms with Crippen molar-refractivity contribution in [2.45, 2.75) is 20.0 Å². The maximum atomic E-state index is 4.22. The predicted molar refractivity (Wildman–Crippen MR) is 98.0 cm³/mol. The van der Waals surface area contributed by atoms with Crippen molar-refractivity contribution < 1.29 is 0 Å². The molecule has 3 nitrogen and oxygen atoms in total. The molecule has 1 aromatic heterocycles. The Balaban J connectivity index is 0.00000200. The van der Waals surface area contributed by atoms with Gasteiger partial charge in [-0.2, -0.15) is 0 Å². The van der Waals surface area contributed by atoms with Crippen LogP contribution in [-0.4, -0.2) is 13.0 Å². The monoisotopic (exact) mass is 401 g/mol. The van der Waals surface area contributed by atoms with E-state index in [-0.39, 0.29) is 24.0 Å². The number of nitrogens with zero attached hydrogens (tertiary/aromatic N) is 1. The SMILES string of the molecule is CN=C(NCc1cccc(C)c1)NCc1cccs1.I. The van der Waals surface area contributed by atoms with Crippen LogP contribution in [0.3, 0.4) is 0 Å². The Morgan fingerprint density at radius 2 is 1.95 bits per heavy atom. The fraction of sp³-hybridized carbons (Fsp3) is 0.267. The summed E-state index contributed by atoms with van der Waals surface area (Å²) in [5.74, 6) is 0.829. The van der Waals surface area contributed by atoms with Gasteiger partial charge < -0.3 is 10.6 Å². The number of guanidine groups is 1. The number of rotatable bonds is 4. The summed E-state index contributed by atoms with van der Waals surface area (Å²) in [6, 6.07) is 12.7. The van der Waals surface area contributed by atoms with Crippen LogP contribution >= 0.6 is 35.3 Å². The molecular weight excluding hydrogens is 381 g/mol. The molecule has 0 saturated carbocycles. The second kappa shape index (κ2) is 8.97. The fourth-order valence-corrected chi connectivity index (χ4v) is 2.46. The zero-order chi connectivity index (χ0) is 13.5. The standard InChI is InChI=1S/C15H19N3S.HI/c1-12-5-3-6-13(9-12)10-17-15(16-2)18-11-14-7-4-8-19-14;/h3-9H,10-11H2,1-2H3,(H2,16,17,18);1H. The van der Waals surface area contributed by atoms with Gasteiger partial charge in [0, 0.05) is 18.5 Å². The van der Waals surface area contributed by atoms with E-state index in [1.807, 2.05) is 0 Å². The summed E-state index contributed by atoms with van der Waals surface area (Å²) < 4.78 is 0. The highest BCUT2D eigenvalue weighted by Crippen LogP contribution is 2.07. The Bertz CT molecular complexity index is 538. The Morgan fingerprint density at radius 3 is 2.60 bits per heavy atom. The van der Waals surface area contributed by atoms with Crippen molar-refractivity contribution in [3.63, 3.8) is 0 Å². The average molecular weight is 401 g/mol. The van der Waals surface area contributed by atoms with E-state index in [4.69, 9.17) is 0 Å².